The number of halogens is 2. The van der Waals surface area contributed by atoms with Gasteiger partial charge in [0.1, 0.15) is 0 Å². The van der Waals surface area contributed by atoms with Gasteiger partial charge >= 0.3 is 0 Å². The van der Waals surface area contributed by atoms with Crippen molar-refractivity contribution in [3.8, 4) is 0 Å². The van der Waals surface area contributed by atoms with Gasteiger partial charge in [-0.1, -0.05) is 0 Å². The van der Waals surface area contributed by atoms with Crippen LogP contribution in [0.15, 0.2) is 0 Å². The van der Waals surface area contributed by atoms with Crippen LogP contribution >= 0.6 is 11.8 Å². The van der Waals surface area contributed by atoms with Crippen molar-refractivity contribution in [2.45, 2.75) is 49.8 Å². The van der Waals surface area contributed by atoms with Crippen LogP contribution in [-0.2, 0) is 4.79 Å². The first-order chi connectivity index (χ1) is 8.39. The van der Waals surface area contributed by atoms with Crippen molar-refractivity contribution in [1.29, 1.82) is 0 Å². The number of rotatable bonds is 5. The Kier molecular flexibility index (Phi) is 5.85. The largest absolute Gasteiger partial charge is 0.395 e. The van der Waals surface area contributed by atoms with Crippen molar-refractivity contribution in [2.24, 2.45) is 5.92 Å². The summed E-state index contributed by atoms with van der Waals surface area (Å²) >= 11 is 1.48. The maximum Gasteiger partial charge on any atom is 0.248 e. The van der Waals surface area contributed by atoms with E-state index in [-0.39, 0.29) is 55.4 Å². The first-order valence-electron chi connectivity index (χ1n) is 6.21. The number of hydrogen-bond donors (Lipinski definition) is 2. The van der Waals surface area contributed by atoms with Gasteiger partial charge in [-0.05, 0) is 26.0 Å². The van der Waals surface area contributed by atoms with Gasteiger partial charge in [-0.3, -0.25) is 4.79 Å². The molecule has 2 unspecified atom stereocenters. The van der Waals surface area contributed by atoms with Crippen LogP contribution in [0.5, 0.6) is 0 Å². The number of aliphatic hydroxyl groups is 1. The van der Waals surface area contributed by atoms with Crippen molar-refractivity contribution < 1.29 is 18.7 Å². The first-order valence-corrected chi connectivity index (χ1v) is 7.50. The molecule has 1 aliphatic carbocycles. The molecule has 2 atom stereocenters. The molecular formula is C12H21F2NO2S. The maximum atomic E-state index is 13.0. The van der Waals surface area contributed by atoms with Gasteiger partial charge in [0, 0.05) is 30.1 Å². The highest BCUT2D eigenvalue weighted by Gasteiger charge is 2.37. The molecule has 2 N–H and O–H groups in total. The lowest BCUT2D eigenvalue weighted by atomic mass is 9.86. The topological polar surface area (TPSA) is 49.3 Å². The van der Waals surface area contributed by atoms with Crippen LogP contribution in [-0.4, -0.2) is 41.1 Å². The van der Waals surface area contributed by atoms with Crippen LogP contribution in [0.4, 0.5) is 8.78 Å². The minimum absolute atomic E-state index is 0.00858. The molecule has 0 aliphatic heterocycles. The highest BCUT2D eigenvalue weighted by Crippen LogP contribution is 2.36. The van der Waals surface area contributed by atoms with Crippen LogP contribution in [0, 0.1) is 5.92 Å². The molecule has 0 aromatic rings. The second-order valence-electron chi connectivity index (χ2n) is 4.88. The summed E-state index contributed by atoms with van der Waals surface area (Å²) in [6, 6.07) is -0.153. The van der Waals surface area contributed by atoms with E-state index in [1.54, 1.807) is 0 Å². The van der Waals surface area contributed by atoms with Crippen molar-refractivity contribution in [2.75, 3.05) is 12.9 Å². The summed E-state index contributed by atoms with van der Waals surface area (Å²) in [4.78, 5) is 11.9. The van der Waals surface area contributed by atoms with Crippen molar-refractivity contribution in [3.05, 3.63) is 0 Å². The molecule has 0 aromatic carbocycles. The predicted molar refractivity (Wildman–Crippen MR) is 68.9 cm³/mol. The monoisotopic (exact) mass is 281 g/mol. The molecule has 3 nitrogen and oxygen atoms in total. The fraction of sp³-hybridized carbons (Fsp3) is 0.917. The Bertz CT molecular complexity index is 275. The Hall–Kier alpha value is -0.360. The SMILES string of the molecule is CSC(CO)C(C)NC(=O)C1CCC(F)(F)CC1. The van der Waals surface area contributed by atoms with Gasteiger partial charge < -0.3 is 10.4 Å². The van der Waals surface area contributed by atoms with Gasteiger partial charge in [0.25, 0.3) is 0 Å². The average molecular weight is 281 g/mol. The quantitative estimate of drug-likeness (QED) is 0.811. The van der Waals surface area contributed by atoms with Crippen molar-refractivity contribution >= 4 is 17.7 Å². The van der Waals surface area contributed by atoms with E-state index in [2.05, 4.69) is 5.32 Å². The molecule has 0 spiro atoms. The molecule has 1 aliphatic rings. The number of thioether (sulfide) groups is 1. The third-order valence-corrected chi connectivity index (χ3v) is 4.66. The van der Waals surface area contributed by atoms with Crippen LogP contribution in [0.1, 0.15) is 32.6 Å². The third-order valence-electron chi connectivity index (χ3n) is 3.50. The second-order valence-corrected chi connectivity index (χ2v) is 5.96. The lowest BCUT2D eigenvalue weighted by Gasteiger charge is -2.29. The lowest BCUT2D eigenvalue weighted by molar-refractivity contribution is -0.129. The van der Waals surface area contributed by atoms with Crippen LogP contribution in [0.2, 0.25) is 0 Å². The molecule has 18 heavy (non-hydrogen) atoms. The molecule has 6 heteroatoms. The van der Waals surface area contributed by atoms with Gasteiger partial charge in [0.2, 0.25) is 11.8 Å². The highest BCUT2D eigenvalue weighted by molar-refractivity contribution is 7.99. The van der Waals surface area contributed by atoms with E-state index in [0.29, 0.717) is 0 Å². The van der Waals surface area contributed by atoms with E-state index in [1.807, 2.05) is 13.2 Å². The Morgan fingerprint density at radius 3 is 2.50 bits per heavy atom. The van der Waals surface area contributed by atoms with E-state index in [0.717, 1.165) is 0 Å². The number of hydrogen-bond acceptors (Lipinski definition) is 3. The molecule has 1 fully saturated rings. The minimum Gasteiger partial charge on any atom is -0.395 e. The van der Waals surface area contributed by atoms with Gasteiger partial charge in [-0.2, -0.15) is 11.8 Å². The first kappa shape index (κ1) is 15.7. The van der Waals surface area contributed by atoms with Gasteiger partial charge in [-0.25, -0.2) is 8.78 Å². The fourth-order valence-electron chi connectivity index (χ4n) is 2.17. The molecule has 0 bridgehead atoms. The van der Waals surface area contributed by atoms with Gasteiger partial charge in [-0.15, -0.1) is 0 Å². The zero-order valence-corrected chi connectivity index (χ0v) is 11.6. The number of carbonyl (C=O) groups is 1. The average Bonchev–Trinajstić information content (AvgIpc) is 2.30. The summed E-state index contributed by atoms with van der Waals surface area (Å²) in [5.74, 6) is -3.08. The lowest BCUT2D eigenvalue weighted by Crippen LogP contribution is -2.45. The highest BCUT2D eigenvalue weighted by atomic mass is 32.2. The van der Waals surface area contributed by atoms with Gasteiger partial charge in [0.05, 0.1) is 6.61 Å². The molecule has 1 saturated carbocycles. The molecule has 1 rings (SSSR count). The number of amides is 1. The van der Waals surface area contributed by atoms with E-state index < -0.39 is 5.92 Å². The summed E-state index contributed by atoms with van der Waals surface area (Å²) in [6.07, 6.45) is 1.95. The van der Waals surface area contributed by atoms with E-state index in [9.17, 15) is 13.6 Å². The molecule has 0 radical (unpaired) electrons. The molecule has 0 heterocycles. The minimum atomic E-state index is -2.60. The second kappa shape index (κ2) is 6.70. The van der Waals surface area contributed by atoms with Gasteiger partial charge in [0.15, 0.2) is 0 Å². The molecule has 0 saturated heterocycles. The van der Waals surface area contributed by atoms with E-state index in [1.165, 1.54) is 11.8 Å². The molecule has 1 amide bonds. The normalized spacial score (nSPS) is 23.4. The van der Waals surface area contributed by atoms with E-state index >= 15 is 0 Å². The fourth-order valence-corrected chi connectivity index (χ4v) is 2.80. The Labute approximate surface area is 111 Å². The van der Waals surface area contributed by atoms with Crippen molar-refractivity contribution in [1.82, 2.24) is 5.32 Å². The number of carbonyl (C=O) groups excluding carboxylic acids is 1. The summed E-state index contributed by atoms with van der Waals surface area (Å²) < 4.78 is 25.9. The molecular weight excluding hydrogens is 260 g/mol. The van der Waals surface area contributed by atoms with Crippen LogP contribution in [0.3, 0.4) is 0 Å². The Morgan fingerprint density at radius 1 is 1.50 bits per heavy atom. The van der Waals surface area contributed by atoms with Crippen molar-refractivity contribution in [3.63, 3.8) is 0 Å². The molecule has 106 valence electrons. The summed E-state index contributed by atoms with van der Waals surface area (Å²) in [5, 5.41) is 11.9. The van der Waals surface area contributed by atoms with Crippen LogP contribution in [0.25, 0.3) is 0 Å². The number of alkyl halides is 2. The smallest absolute Gasteiger partial charge is 0.248 e. The zero-order chi connectivity index (χ0) is 13.8. The Balaban J connectivity index is 2.42. The summed E-state index contributed by atoms with van der Waals surface area (Å²) in [6.45, 7) is 1.82. The number of nitrogens with one attached hydrogen (secondary N) is 1. The van der Waals surface area contributed by atoms with E-state index in [4.69, 9.17) is 5.11 Å². The Morgan fingerprint density at radius 2 is 2.06 bits per heavy atom. The molecule has 0 aromatic heterocycles. The predicted octanol–water partition coefficient (Wildman–Crippen LogP) is 2.04. The third kappa shape index (κ3) is 4.39. The number of aliphatic hydroxyl groups excluding tert-OH is 1. The summed E-state index contributed by atoms with van der Waals surface area (Å²) in [5.41, 5.74) is 0. The maximum absolute atomic E-state index is 13.0. The summed E-state index contributed by atoms with van der Waals surface area (Å²) in [7, 11) is 0. The zero-order valence-electron chi connectivity index (χ0n) is 10.8. The standard InChI is InChI=1S/C12H21F2NO2S/c1-8(10(7-16)18-2)15-11(17)9-3-5-12(13,14)6-4-9/h8-10,16H,3-7H2,1-2H3,(H,15,17). The van der Waals surface area contributed by atoms with Crippen LogP contribution < -0.4 is 5.32 Å².